The van der Waals surface area contributed by atoms with Crippen molar-refractivity contribution in [2.24, 2.45) is 5.10 Å². The molecule has 1 aliphatic heterocycles. The summed E-state index contributed by atoms with van der Waals surface area (Å²) in [6.45, 7) is 1.02. The molecule has 4 aromatic carbocycles. The smallest absolute Gasteiger partial charge is 0.257 e. The standard InChI is InChI=1S/C30H29N3OS/c1-32(20-22-12-16-27(35-2)17-13-22)21-30(34)33-29(24-9-4-3-5-10-24)19-28(31-33)26-15-14-23-8-6-7-11-25(23)18-26/h3-18,29H,19-21H2,1-2H3. The van der Waals surface area contributed by atoms with Crippen molar-refractivity contribution in [3.05, 3.63) is 114 Å². The summed E-state index contributed by atoms with van der Waals surface area (Å²) in [4.78, 5) is 16.8. The molecule has 1 amide bonds. The van der Waals surface area contributed by atoms with Crippen LogP contribution in [0.2, 0.25) is 0 Å². The highest BCUT2D eigenvalue weighted by atomic mass is 32.2. The van der Waals surface area contributed by atoms with Crippen LogP contribution in [0.15, 0.2) is 107 Å². The minimum atomic E-state index is -0.0977. The lowest BCUT2D eigenvalue weighted by Crippen LogP contribution is -2.36. The van der Waals surface area contributed by atoms with Crippen LogP contribution in [0, 0.1) is 0 Å². The number of hydrogen-bond acceptors (Lipinski definition) is 4. The number of fused-ring (bicyclic) bond motifs is 1. The lowest BCUT2D eigenvalue weighted by Gasteiger charge is -2.25. The fraction of sp³-hybridized carbons (Fsp3) is 0.200. The summed E-state index contributed by atoms with van der Waals surface area (Å²) >= 11 is 1.73. The van der Waals surface area contributed by atoms with E-state index < -0.39 is 0 Å². The van der Waals surface area contributed by atoms with Gasteiger partial charge in [0.2, 0.25) is 0 Å². The van der Waals surface area contributed by atoms with Crippen LogP contribution in [0.4, 0.5) is 0 Å². The van der Waals surface area contributed by atoms with Gasteiger partial charge >= 0.3 is 0 Å². The highest BCUT2D eigenvalue weighted by molar-refractivity contribution is 7.98. The lowest BCUT2D eigenvalue weighted by atomic mass is 9.97. The third-order valence-electron chi connectivity index (χ3n) is 6.45. The normalized spacial score (nSPS) is 15.6. The van der Waals surface area contributed by atoms with Gasteiger partial charge in [-0.2, -0.15) is 5.10 Å². The zero-order chi connectivity index (χ0) is 24.2. The Kier molecular flexibility index (Phi) is 6.98. The largest absolute Gasteiger partial charge is 0.293 e. The van der Waals surface area contributed by atoms with Crippen LogP contribution in [0.3, 0.4) is 0 Å². The molecular weight excluding hydrogens is 450 g/mol. The molecule has 0 radical (unpaired) electrons. The van der Waals surface area contributed by atoms with Crippen molar-refractivity contribution in [2.75, 3.05) is 19.8 Å². The number of amides is 1. The van der Waals surface area contributed by atoms with Gasteiger partial charge < -0.3 is 0 Å². The first-order valence-electron chi connectivity index (χ1n) is 11.9. The fourth-order valence-electron chi connectivity index (χ4n) is 4.62. The Morgan fingerprint density at radius 3 is 2.40 bits per heavy atom. The molecule has 0 N–H and O–H groups in total. The Morgan fingerprint density at radius 2 is 1.66 bits per heavy atom. The van der Waals surface area contributed by atoms with Crippen LogP contribution >= 0.6 is 11.8 Å². The van der Waals surface area contributed by atoms with Gasteiger partial charge in [0.05, 0.1) is 18.3 Å². The van der Waals surface area contributed by atoms with Crippen molar-refractivity contribution in [3.8, 4) is 0 Å². The maximum Gasteiger partial charge on any atom is 0.257 e. The van der Waals surface area contributed by atoms with Crippen LogP contribution in [0.25, 0.3) is 10.8 Å². The predicted octanol–water partition coefficient (Wildman–Crippen LogP) is 6.37. The van der Waals surface area contributed by atoms with E-state index >= 15 is 0 Å². The van der Waals surface area contributed by atoms with Gasteiger partial charge in [-0.05, 0) is 59.0 Å². The van der Waals surface area contributed by atoms with Crippen molar-refractivity contribution in [1.82, 2.24) is 9.91 Å². The minimum Gasteiger partial charge on any atom is -0.293 e. The van der Waals surface area contributed by atoms with Crippen LogP contribution in [-0.4, -0.2) is 41.4 Å². The Balaban J connectivity index is 1.37. The van der Waals surface area contributed by atoms with E-state index in [9.17, 15) is 4.79 Å². The Hall–Kier alpha value is -3.41. The molecule has 0 spiro atoms. The van der Waals surface area contributed by atoms with Gasteiger partial charge in [0.25, 0.3) is 5.91 Å². The number of carbonyl (C=O) groups excluding carboxylic acids is 1. The molecule has 0 fully saturated rings. The van der Waals surface area contributed by atoms with Gasteiger partial charge in [-0.25, -0.2) is 5.01 Å². The van der Waals surface area contributed by atoms with E-state index in [-0.39, 0.29) is 11.9 Å². The van der Waals surface area contributed by atoms with Crippen LogP contribution in [0.5, 0.6) is 0 Å². The summed E-state index contributed by atoms with van der Waals surface area (Å²) in [6, 6.07) is 33.4. The highest BCUT2D eigenvalue weighted by Crippen LogP contribution is 2.33. The number of nitrogens with zero attached hydrogens (tertiary/aromatic N) is 3. The summed E-state index contributed by atoms with van der Waals surface area (Å²) in [5.74, 6) is 0.0119. The zero-order valence-electron chi connectivity index (χ0n) is 20.1. The first kappa shape index (κ1) is 23.3. The van der Waals surface area contributed by atoms with Gasteiger partial charge in [0, 0.05) is 17.9 Å². The second kappa shape index (κ2) is 10.5. The van der Waals surface area contributed by atoms with E-state index in [1.165, 1.54) is 21.2 Å². The zero-order valence-corrected chi connectivity index (χ0v) is 20.9. The van der Waals surface area contributed by atoms with Gasteiger partial charge in [-0.15, -0.1) is 11.8 Å². The molecule has 4 nitrogen and oxygen atoms in total. The number of likely N-dealkylation sites (N-methyl/N-ethyl adjacent to an activating group) is 1. The summed E-state index contributed by atoms with van der Waals surface area (Å²) in [5.41, 5.74) is 4.32. The molecule has 1 aliphatic rings. The summed E-state index contributed by atoms with van der Waals surface area (Å²) < 4.78 is 0. The van der Waals surface area contributed by atoms with Gasteiger partial charge in [0.15, 0.2) is 0 Å². The topological polar surface area (TPSA) is 35.9 Å². The predicted molar refractivity (Wildman–Crippen MR) is 146 cm³/mol. The van der Waals surface area contributed by atoms with Crippen molar-refractivity contribution >= 4 is 34.2 Å². The number of rotatable bonds is 7. The first-order valence-corrected chi connectivity index (χ1v) is 13.1. The molecule has 0 saturated carbocycles. The fourth-order valence-corrected chi connectivity index (χ4v) is 5.03. The van der Waals surface area contributed by atoms with Crippen molar-refractivity contribution in [3.63, 3.8) is 0 Å². The quantitative estimate of drug-likeness (QED) is 0.289. The molecule has 1 unspecified atom stereocenters. The maximum atomic E-state index is 13.5. The summed E-state index contributed by atoms with van der Waals surface area (Å²) in [5, 5.41) is 8.96. The van der Waals surface area contributed by atoms with Gasteiger partial charge in [-0.3, -0.25) is 9.69 Å². The van der Waals surface area contributed by atoms with E-state index in [1.54, 1.807) is 16.8 Å². The van der Waals surface area contributed by atoms with Crippen LogP contribution < -0.4 is 0 Å². The number of hydrazone groups is 1. The van der Waals surface area contributed by atoms with Crippen molar-refractivity contribution < 1.29 is 4.79 Å². The van der Waals surface area contributed by atoms with E-state index in [4.69, 9.17) is 5.10 Å². The molecule has 0 bridgehead atoms. The number of carbonyl (C=O) groups is 1. The monoisotopic (exact) mass is 479 g/mol. The third-order valence-corrected chi connectivity index (χ3v) is 7.19. The number of benzene rings is 4. The molecule has 5 heteroatoms. The molecule has 35 heavy (non-hydrogen) atoms. The SMILES string of the molecule is CSc1ccc(CN(C)CC(=O)N2N=C(c3ccc4ccccc4c3)CC2c2ccccc2)cc1. The maximum absolute atomic E-state index is 13.5. The van der Waals surface area contributed by atoms with E-state index in [1.807, 2.05) is 25.2 Å². The van der Waals surface area contributed by atoms with Gasteiger partial charge in [-0.1, -0.05) is 78.9 Å². The third kappa shape index (κ3) is 5.31. The molecule has 1 heterocycles. The molecular formula is C30H29N3OS. The van der Waals surface area contributed by atoms with E-state index in [0.29, 0.717) is 19.5 Å². The summed E-state index contributed by atoms with van der Waals surface area (Å²) in [6.07, 6.45) is 2.78. The Labute approximate surface area is 211 Å². The molecule has 1 atom stereocenters. The molecule has 0 aliphatic carbocycles. The molecule has 0 aromatic heterocycles. The van der Waals surface area contributed by atoms with Crippen molar-refractivity contribution in [2.45, 2.75) is 23.9 Å². The number of hydrogen-bond donors (Lipinski definition) is 0. The Morgan fingerprint density at radius 1 is 0.943 bits per heavy atom. The summed E-state index contributed by atoms with van der Waals surface area (Å²) in [7, 11) is 1.99. The lowest BCUT2D eigenvalue weighted by molar-refractivity contribution is -0.134. The average molecular weight is 480 g/mol. The van der Waals surface area contributed by atoms with Crippen LogP contribution in [-0.2, 0) is 11.3 Å². The average Bonchev–Trinajstić information content (AvgIpc) is 3.35. The second-order valence-electron chi connectivity index (χ2n) is 9.00. The van der Waals surface area contributed by atoms with Gasteiger partial charge in [0.1, 0.15) is 0 Å². The van der Waals surface area contributed by atoms with Crippen LogP contribution in [0.1, 0.15) is 29.2 Å². The number of thioether (sulfide) groups is 1. The molecule has 5 rings (SSSR count). The molecule has 4 aromatic rings. The molecule has 0 saturated heterocycles. The Bertz CT molecular complexity index is 1350. The highest BCUT2D eigenvalue weighted by Gasteiger charge is 2.33. The van der Waals surface area contributed by atoms with E-state index in [2.05, 4.69) is 90.0 Å². The van der Waals surface area contributed by atoms with E-state index in [0.717, 1.165) is 16.8 Å². The first-order chi connectivity index (χ1) is 17.1. The minimum absolute atomic E-state index is 0.0119. The van der Waals surface area contributed by atoms with Crippen molar-refractivity contribution in [1.29, 1.82) is 0 Å². The second-order valence-corrected chi connectivity index (χ2v) is 9.88. The molecule has 176 valence electrons.